The average Bonchev–Trinajstić information content (AvgIpc) is 2.83. The number of thioether (sulfide) groups is 1. The molecule has 0 spiro atoms. The van der Waals surface area contributed by atoms with Crippen LogP contribution in [0, 0.1) is 0 Å². The zero-order valence-corrected chi connectivity index (χ0v) is 20.4. The molecule has 0 aliphatic carbocycles. The van der Waals surface area contributed by atoms with Crippen LogP contribution in [0.4, 0.5) is 10.5 Å². The summed E-state index contributed by atoms with van der Waals surface area (Å²) in [6.45, 7) is 7.53. The largest absolute Gasteiger partial charge is 0.478 e. The summed E-state index contributed by atoms with van der Waals surface area (Å²) in [4.78, 5) is 23.4. The molecule has 0 radical (unpaired) electrons. The van der Waals surface area contributed by atoms with Gasteiger partial charge in [-0.3, -0.25) is 5.32 Å². The molecule has 0 aliphatic rings. The Kier molecular flexibility index (Phi) is 17.8. The third-order valence-corrected chi connectivity index (χ3v) is 4.84. The summed E-state index contributed by atoms with van der Waals surface area (Å²) in [5.41, 5.74) is 0.816. The molecule has 0 unspecified atom stereocenters. The van der Waals surface area contributed by atoms with Gasteiger partial charge in [0.2, 0.25) is 0 Å². The van der Waals surface area contributed by atoms with Gasteiger partial charge in [0.15, 0.2) is 0 Å². The molecule has 2 N–H and O–H groups in total. The number of carboxylic acids is 1. The maximum absolute atomic E-state index is 11.7. The van der Waals surface area contributed by atoms with Crippen molar-refractivity contribution in [1.29, 1.82) is 0 Å². The molecule has 34 heavy (non-hydrogen) atoms. The van der Waals surface area contributed by atoms with Crippen LogP contribution in [0.5, 0.6) is 0 Å². The lowest BCUT2D eigenvalue weighted by Crippen LogP contribution is -2.18. The highest BCUT2D eigenvalue weighted by Crippen LogP contribution is 2.18. The first-order valence-corrected chi connectivity index (χ1v) is 12.1. The van der Waals surface area contributed by atoms with Crippen LogP contribution < -0.4 is 5.32 Å². The Morgan fingerprint density at radius 3 is 1.85 bits per heavy atom. The van der Waals surface area contributed by atoms with E-state index >= 15 is 0 Å². The van der Waals surface area contributed by atoms with E-state index in [9.17, 15) is 9.59 Å². The second-order valence-corrected chi connectivity index (χ2v) is 7.59. The third kappa shape index (κ3) is 16.5. The van der Waals surface area contributed by atoms with E-state index in [0.29, 0.717) is 71.6 Å². The van der Waals surface area contributed by atoms with Crippen molar-refractivity contribution in [2.24, 2.45) is 0 Å². The van der Waals surface area contributed by atoms with Crippen molar-refractivity contribution in [3.05, 3.63) is 36.4 Å². The van der Waals surface area contributed by atoms with Crippen LogP contribution in [-0.4, -0.2) is 96.1 Å². The predicted octanol–water partition coefficient (Wildman–Crippen LogP) is 3.07. The second kappa shape index (κ2) is 20.2. The van der Waals surface area contributed by atoms with Gasteiger partial charge in [-0.15, -0.1) is 11.8 Å². The number of hydrogen-bond donors (Lipinski definition) is 2. The van der Waals surface area contributed by atoms with Crippen molar-refractivity contribution in [2.45, 2.75) is 11.3 Å². The molecule has 0 heterocycles. The van der Waals surface area contributed by atoms with E-state index in [-0.39, 0.29) is 18.8 Å². The summed E-state index contributed by atoms with van der Waals surface area (Å²) in [6.07, 6.45) is 1.74. The molecule has 1 rings (SSSR count). The molecule has 0 bridgehead atoms. The highest BCUT2D eigenvalue weighted by atomic mass is 32.2. The number of carboxylic acid groups (broad SMARTS) is 1. The molecular weight excluding hydrogens is 466 g/mol. The Hall–Kier alpha value is -2.15. The summed E-state index contributed by atoms with van der Waals surface area (Å²) in [6, 6.07) is 7.51. The first-order chi connectivity index (χ1) is 16.5. The fraction of sp³-hybridized carbons (Fsp3) is 0.565. The molecule has 10 nitrogen and oxygen atoms in total. The van der Waals surface area contributed by atoms with Gasteiger partial charge in [-0.25, -0.2) is 9.59 Å². The summed E-state index contributed by atoms with van der Waals surface area (Å²) >= 11 is 1.60. The van der Waals surface area contributed by atoms with Crippen molar-refractivity contribution in [3.8, 4) is 0 Å². The number of nitrogens with one attached hydrogen (secondary N) is 1. The van der Waals surface area contributed by atoms with Gasteiger partial charge in [0, 0.05) is 22.6 Å². The van der Waals surface area contributed by atoms with Crippen molar-refractivity contribution in [3.63, 3.8) is 0 Å². The lowest BCUT2D eigenvalue weighted by Gasteiger charge is -2.09. The Balaban J connectivity index is 1.79. The Labute approximate surface area is 204 Å². The molecule has 11 heteroatoms. The van der Waals surface area contributed by atoms with Gasteiger partial charge in [-0.2, -0.15) is 0 Å². The van der Waals surface area contributed by atoms with E-state index in [4.69, 9.17) is 33.5 Å². The van der Waals surface area contributed by atoms with Crippen LogP contribution >= 0.6 is 11.8 Å². The summed E-state index contributed by atoms with van der Waals surface area (Å²) < 4.78 is 31.8. The smallest absolute Gasteiger partial charge is 0.411 e. The van der Waals surface area contributed by atoms with Crippen LogP contribution in [0.1, 0.15) is 6.42 Å². The number of anilines is 1. The number of hydrogen-bond acceptors (Lipinski definition) is 9. The zero-order chi connectivity index (χ0) is 24.9. The lowest BCUT2D eigenvalue weighted by molar-refractivity contribution is -0.132. The fourth-order valence-electron chi connectivity index (χ4n) is 2.33. The molecule has 0 saturated carbocycles. The quantitative estimate of drug-likeness (QED) is 0.148. The van der Waals surface area contributed by atoms with Crippen LogP contribution in [0.2, 0.25) is 0 Å². The maximum atomic E-state index is 11.7. The molecule has 0 aliphatic heterocycles. The molecule has 0 atom stereocenters. The highest BCUT2D eigenvalue weighted by molar-refractivity contribution is 7.98. The van der Waals surface area contributed by atoms with E-state index in [1.54, 1.807) is 17.8 Å². The SMILES string of the molecule is C=C(CCOCCOCCOCCOCCOCCOC(=O)Nc1cccc(SC)c1)C(=O)O. The number of ether oxygens (including phenoxy) is 6. The van der Waals surface area contributed by atoms with E-state index in [1.807, 2.05) is 24.5 Å². The van der Waals surface area contributed by atoms with Gasteiger partial charge in [-0.05, 0) is 24.5 Å². The van der Waals surface area contributed by atoms with Gasteiger partial charge in [0.05, 0.1) is 66.1 Å². The number of benzene rings is 1. The van der Waals surface area contributed by atoms with Crippen molar-refractivity contribution in [1.82, 2.24) is 0 Å². The molecule has 0 saturated heterocycles. The molecule has 1 aromatic carbocycles. The summed E-state index contributed by atoms with van der Waals surface area (Å²) in [7, 11) is 0. The monoisotopic (exact) mass is 501 g/mol. The minimum atomic E-state index is -1.01. The Morgan fingerprint density at radius 2 is 1.35 bits per heavy atom. The standard InChI is InChI=1S/C23H35NO9S/c1-19(22(25)26)6-7-28-8-9-29-10-11-30-12-13-31-14-15-32-16-17-33-23(27)24-20-4-3-5-21(18-20)34-2/h3-5,18H,1,6-17H2,2H3,(H,24,27)(H,25,26). The molecule has 1 amide bonds. The van der Waals surface area contributed by atoms with Crippen LogP contribution in [0.15, 0.2) is 41.3 Å². The number of aliphatic carboxylic acids is 1. The second-order valence-electron chi connectivity index (χ2n) is 6.71. The van der Waals surface area contributed by atoms with E-state index in [1.165, 1.54) is 0 Å². The third-order valence-electron chi connectivity index (χ3n) is 4.12. The highest BCUT2D eigenvalue weighted by Gasteiger charge is 2.04. The minimum absolute atomic E-state index is 0.130. The van der Waals surface area contributed by atoms with Crippen molar-refractivity contribution in [2.75, 3.05) is 84.2 Å². The number of rotatable bonds is 21. The van der Waals surface area contributed by atoms with Gasteiger partial charge in [0.25, 0.3) is 0 Å². The maximum Gasteiger partial charge on any atom is 0.411 e. The molecule has 1 aromatic rings. The van der Waals surface area contributed by atoms with Crippen LogP contribution in [0.25, 0.3) is 0 Å². The predicted molar refractivity (Wildman–Crippen MR) is 129 cm³/mol. The first-order valence-electron chi connectivity index (χ1n) is 10.9. The molecule has 0 aromatic heterocycles. The van der Waals surface area contributed by atoms with Crippen LogP contribution in [0.3, 0.4) is 0 Å². The van der Waals surface area contributed by atoms with Gasteiger partial charge >= 0.3 is 12.1 Å². The molecular formula is C23H35NO9S. The minimum Gasteiger partial charge on any atom is -0.478 e. The average molecular weight is 502 g/mol. The number of carbonyl (C=O) groups excluding carboxylic acids is 1. The number of amides is 1. The number of carbonyl (C=O) groups is 2. The Morgan fingerprint density at radius 1 is 0.853 bits per heavy atom. The van der Waals surface area contributed by atoms with Crippen LogP contribution in [-0.2, 0) is 33.2 Å². The summed E-state index contributed by atoms with van der Waals surface area (Å²) in [5, 5.41) is 11.3. The summed E-state index contributed by atoms with van der Waals surface area (Å²) in [5.74, 6) is -1.01. The normalized spacial score (nSPS) is 10.7. The van der Waals surface area contributed by atoms with E-state index < -0.39 is 12.1 Å². The van der Waals surface area contributed by atoms with Gasteiger partial charge in [-0.1, -0.05) is 12.6 Å². The van der Waals surface area contributed by atoms with Gasteiger partial charge in [0.1, 0.15) is 6.61 Å². The van der Waals surface area contributed by atoms with E-state index in [2.05, 4.69) is 11.9 Å². The molecule has 192 valence electrons. The zero-order valence-electron chi connectivity index (χ0n) is 19.6. The van der Waals surface area contributed by atoms with E-state index in [0.717, 1.165) is 4.90 Å². The molecule has 0 fully saturated rings. The van der Waals surface area contributed by atoms with Gasteiger partial charge < -0.3 is 33.5 Å². The lowest BCUT2D eigenvalue weighted by atomic mass is 10.2. The topological polar surface area (TPSA) is 122 Å². The van der Waals surface area contributed by atoms with Crippen molar-refractivity contribution >= 4 is 29.5 Å². The Bertz CT molecular complexity index is 717. The fourth-order valence-corrected chi connectivity index (χ4v) is 2.79. The van der Waals surface area contributed by atoms with Crippen molar-refractivity contribution < 1.29 is 43.1 Å². The first kappa shape index (κ1) is 29.9.